The number of aryl methyl sites for hydroxylation is 2. The molecule has 0 fully saturated rings. The molecular formula is C28H26F2N6O. The van der Waals surface area contributed by atoms with Crippen LogP contribution in [0.15, 0.2) is 55.0 Å². The highest BCUT2D eigenvalue weighted by molar-refractivity contribution is 5.88. The van der Waals surface area contributed by atoms with E-state index in [0.717, 1.165) is 28.5 Å². The number of aromatic nitrogens is 6. The third kappa shape index (κ3) is 4.70. The van der Waals surface area contributed by atoms with Crippen LogP contribution < -0.4 is 0 Å². The highest BCUT2D eigenvalue weighted by atomic mass is 19.1. The molecule has 4 aromatic heterocycles. The number of nitrogens with zero attached hydrogens (tertiary/aromatic N) is 6. The SMILES string of the molecule is CC.Cc1nc2nc(C3=CC(c4ccc5nccn5c4)OCC3)nc(-c3ccc(F)cc3F)c2nc1C. The van der Waals surface area contributed by atoms with Crippen molar-refractivity contribution in [2.75, 3.05) is 6.61 Å². The summed E-state index contributed by atoms with van der Waals surface area (Å²) < 4.78 is 36.4. The van der Waals surface area contributed by atoms with Crippen molar-refractivity contribution in [3.63, 3.8) is 0 Å². The first kappa shape index (κ1) is 24.6. The Morgan fingerprint density at radius 3 is 2.59 bits per heavy atom. The van der Waals surface area contributed by atoms with Crippen molar-refractivity contribution in [1.29, 1.82) is 0 Å². The van der Waals surface area contributed by atoms with Crippen LogP contribution in [-0.4, -0.2) is 35.9 Å². The second-order valence-corrected chi connectivity index (χ2v) is 8.48. The Morgan fingerprint density at radius 2 is 1.78 bits per heavy atom. The molecule has 9 heteroatoms. The lowest BCUT2D eigenvalue weighted by atomic mass is 10.0. The Bertz CT molecular complexity index is 1650. The van der Waals surface area contributed by atoms with Gasteiger partial charge in [-0.05, 0) is 50.1 Å². The monoisotopic (exact) mass is 500 g/mol. The molecule has 1 atom stereocenters. The summed E-state index contributed by atoms with van der Waals surface area (Å²) in [6.07, 6.45) is 7.85. The molecule has 37 heavy (non-hydrogen) atoms. The molecule has 1 aliphatic rings. The quantitative estimate of drug-likeness (QED) is 0.294. The van der Waals surface area contributed by atoms with Gasteiger partial charge in [-0.15, -0.1) is 0 Å². The molecule has 1 aromatic carbocycles. The molecule has 0 bridgehead atoms. The standard InChI is InChI=1S/C26H20F2N6O.C2H6/c1-14-15(2)31-26-24(30-14)23(19-5-4-18(27)12-20(19)28)32-25(33-26)16-7-10-35-21(11-16)17-3-6-22-29-8-9-34(22)13-17;1-2/h3-6,8-9,11-13,21H,7,10H2,1-2H3;1-2H3. The summed E-state index contributed by atoms with van der Waals surface area (Å²) in [6, 6.07) is 7.33. The van der Waals surface area contributed by atoms with Gasteiger partial charge in [0, 0.05) is 35.8 Å². The summed E-state index contributed by atoms with van der Waals surface area (Å²) >= 11 is 0. The molecule has 188 valence electrons. The summed E-state index contributed by atoms with van der Waals surface area (Å²) in [5, 5.41) is 0. The second kappa shape index (κ2) is 10.1. The highest BCUT2D eigenvalue weighted by Gasteiger charge is 2.23. The third-order valence-electron chi connectivity index (χ3n) is 6.18. The number of benzene rings is 1. The average molecular weight is 501 g/mol. The fraction of sp³-hybridized carbons (Fsp3) is 0.250. The highest BCUT2D eigenvalue weighted by Crippen LogP contribution is 2.33. The van der Waals surface area contributed by atoms with Crippen LogP contribution in [0, 0.1) is 25.5 Å². The molecule has 1 unspecified atom stereocenters. The van der Waals surface area contributed by atoms with Crippen molar-refractivity contribution >= 4 is 22.4 Å². The van der Waals surface area contributed by atoms with Gasteiger partial charge in [-0.25, -0.2) is 33.7 Å². The van der Waals surface area contributed by atoms with Gasteiger partial charge in [0.05, 0.1) is 18.0 Å². The summed E-state index contributed by atoms with van der Waals surface area (Å²) in [4.78, 5) is 22.9. The number of ether oxygens (including phenoxy) is 1. The van der Waals surface area contributed by atoms with E-state index in [1.54, 1.807) is 6.20 Å². The minimum absolute atomic E-state index is 0.146. The Balaban J connectivity index is 0.00000137. The molecule has 0 N–H and O–H groups in total. The van der Waals surface area contributed by atoms with Crippen LogP contribution in [0.1, 0.15) is 49.1 Å². The smallest absolute Gasteiger partial charge is 0.182 e. The second-order valence-electron chi connectivity index (χ2n) is 8.48. The molecule has 0 saturated carbocycles. The predicted octanol–water partition coefficient (Wildman–Crippen LogP) is 6.20. The zero-order chi connectivity index (χ0) is 26.1. The molecule has 0 aliphatic carbocycles. The van der Waals surface area contributed by atoms with Crippen LogP contribution in [0.4, 0.5) is 8.78 Å². The zero-order valence-electron chi connectivity index (χ0n) is 21.0. The van der Waals surface area contributed by atoms with E-state index in [1.165, 1.54) is 12.1 Å². The Hall–Kier alpha value is -4.11. The van der Waals surface area contributed by atoms with Crippen LogP contribution in [0.2, 0.25) is 0 Å². The van der Waals surface area contributed by atoms with E-state index in [4.69, 9.17) is 9.72 Å². The average Bonchev–Trinajstić information content (AvgIpc) is 3.38. The van der Waals surface area contributed by atoms with E-state index in [-0.39, 0.29) is 17.4 Å². The number of pyridine rings is 1. The fourth-order valence-electron chi connectivity index (χ4n) is 4.22. The largest absolute Gasteiger partial charge is 0.369 e. The van der Waals surface area contributed by atoms with E-state index >= 15 is 0 Å². The molecule has 0 amide bonds. The van der Waals surface area contributed by atoms with Crippen LogP contribution >= 0.6 is 0 Å². The first-order valence-corrected chi connectivity index (χ1v) is 12.2. The minimum Gasteiger partial charge on any atom is -0.369 e. The molecule has 0 radical (unpaired) electrons. The maximum absolute atomic E-state index is 14.8. The maximum Gasteiger partial charge on any atom is 0.182 e. The fourth-order valence-corrected chi connectivity index (χ4v) is 4.22. The van der Waals surface area contributed by atoms with Crippen molar-refractivity contribution < 1.29 is 13.5 Å². The van der Waals surface area contributed by atoms with Crippen molar-refractivity contribution in [3.8, 4) is 11.3 Å². The van der Waals surface area contributed by atoms with Gasteiger partial charge >= 0.3 is 0 Å². The third-order valence-corrected chi connectivity index (χ3v) is 6.18. The van der Waals surface area contributed by atoms with Gasteiger partial charge in [0.15, 0.2) is 11.5 Å². The molecule has 7 nitrogen and oxygen atoms in total. The molecule has 5 aromatic rings. The van der Waals surface area contributed by atoms with Gasteiger partial charge < -0.3 is 9.14 Å². The first-order valence-electron chi connectivity index (χ1n) is 12.2. The molecule has 5 heterocycles. The zero-order valence-corrected chi connectivity index (χ0v) is 21.0. The first-order chi connectivity index (χ1) is 18.0. The van der Waals surface area contributed by atoms with Crippen molar-refractivity contribution in [2.45, 2.75) is 40.2 Å². The van der Waals surface area contributed by atoms with Gasteiger partial charge in [-0.1, -0.05) is 19.9 Å². The normalized spacial score (nSPS) is 15.4. The Morgan fingerprint density at radius 1 is 0.973 bits per heavy atom. The molecule has 6 rings (SSSR count). The van der Waals surface area contributed by atoms with E-state index in [2.05, 4.69) is 19.9 Å². The van der Waals surface area contributed by atoms with Gasteiger partial charge in [0.1, 0.15) is 34.6 Å². The lowest BCUT2D eigenvalue weighted by Crippen LogP contribution is -2.13. The molecule has 1 aliphatic heterocycles. The van der Waals surface area contributed by atoms with E-state index in [1.807, 2.05) is 62.7 Å². The Kier molecular flexibility index (Phi) is 6.71. The number of imidazole rings is 1. The summed E-state index contributed by atoms with van der Waals surface area (Å²) in [5.41, 5.74) is 5.24. The number of fused-ring (bicyclic) bond motifs is 2. The van der Waals surface area contributed by atoms with E-state index < -0.39 is 11.6 Å². The predicted molar refractivity (Wildman–Crippen MR) is 138 cm³/mol. The number of rotatable bonds is 3. The number of hydrogen-bond donors (Lipinski definition) is 0. The van der Waals surface area contributed by atoms with Crippen molar-refractivity contribution in [1.82, 2.24) is 29.3 Å². The molecular weight excluding hydrogens is 474 g/mol. The van der Waals surface area contributed by atoms with Crippen LogP contribution in [0.5, 0.6) is 0 Å². The van der Waals surface area contributed by atoms with E-state index in [9.17, 15) is 8.78 Å². The van der Waals surface area contributed by atoms with E-state index in [0.29, 0.717) is 35.7 Å². The molecule has 0 saturated heterocycles. The maximum atomic E-state index is 14.8. The van der Waals surface area contributed by atoms with Crippen LogP contribution in [-0.2, 0) is 4.74 Å². The molecule has 0 spiro atoms. The minimum atomic E-state index is -0.719. The summed E-state index contributed by atoms with van der Waals surface area (Å²) in [7, 11) is 0. The van der Waals surface area contributed by atoms with Gasteiger partial charge in [0.25, 0.3) is 0 Å². The van der Waals surface area contributed by atoms with Gasteiger partial charge in [0.2, 0.25) is 0 Å². The number of halogens is 2. The summed E-state index contributed by atoms with van der Waals surface area (Å²) in [5.74, 6) is -0.956. The van der Waals surface area contributed by atoms with Gasteiger partial charge in [-0.2, -0.15) is 0 Å². The Labute approximate surface area is 212 Å². The van der Waals surface area contributed by atoms with Crippen molar-refractivity contribution in [3.05, 3.63) is 89.4 Å². The van der Waals surface area contributed by atoms with Gasteiger partial charge in [-0.3, -0.25) is 0 Å². The van der Waals surface area contributed by atoms with Crippen molar-refractivity contribution in [2.24, 2.45) is 0 Å². The summed E-state index contributed by atoms with van der Waals surface area (Å²) in [6.45, 7) is 8.14. The topological polar surface area (TPSA) is 78.1 Å². The van der Waals surface area contributed by atoms with Crippen LogP contribution in [0.3, 0.4) is 0 Å². The lowest BCUT2D eigenvalue weighted by Gasteiger charge is -2.22. The van der Waals surface area contributed by atoms with Crippen LogP contribution in [0.25, 0.3) is 33.6 Å². The lowest BCUT2D eigenvalue weighted by molar-refractivity contribution is 0.0823. The number of hydrogen-bond acceptors (Lipinski definition) is 6.